The molecule has 0 saturated carbocycles. The van der Waals surface area contributed by atoms with Crippen molar-refractivity contribution in [2.24, 2.45) is 0 Å². The Morgan fingerprint density at radius 1 is 0.905 bits per heavy atom. The summed E-state index contributed by atoms with van der Waals surface area (Å²) in [7, 11) is 0. The Hall–Kier alpha value is -0.540. The summed E-state index contributed by atoms with van der Waals surface area (Å²) < 4.78 is 8.66. The zero-order valence-electron chi connectivity index (χ0n) is 13.8. The van der Waals surface area contributed by atoms with Crippen molar-refractivity contribution in [1.82, 2.24) is 0 Å². The van der Waals surface area contributed by atoms with Gasteiger partial charge in [0.15, 0.2) is 5.06 Å². The third kappa shape index (κ3) is 5.00. The van der Waals surface area contributed by atoms with E-state index in [4.69, 9.17) is 4.74 Å². The van der Waals surface area contributed by atoms with E-state index in [1.807, 2.05) is 11.3 Å². The van der Waals surface area contributed by atoms with Crippen molar-refractivity contribution in [3.63, 3.8) is 0 Å². The van der Waals surface area contributed by atoms with Crippen LogP contribution < -0.4 is 4.74 Å². The van der Waals surface area contributed by atoms with Gasteiger partial charge in [0.2, 0.25) is 0 Å². The highest BCUT2D eigenvalue weighted by Gasteiger charge is 2.18. The van der Waals surface area contributed by atoms with E-state index in [-0.39, 0.29) is 5.41 Å². The summed E-state index contributed by atoms with van der Waals surface area (Å²) >= 11 is 3.70. The summed E-state index contributed by atoms with van der Waals surface area (Å²) in [5.74, 6) is 0. The summed E-state index contributed by atoms with van der Waals surface area (Å²) in [6.45, 7) is 9.96. The highest BCUT2D eigenvalue weighted by atomic mass is 32.1. The topological polar surface area (TPSA) is 9.23 Å². The van der Waals surface area contributed by atoms with E-state index >= 15 is 0 Å². The van der Waals surface area contributed by atoms with Crippen LogP contribution in [0.2, 0.25) is 0 Å². The minimum atomic E-state index is 0.253. The van der Waals surface area contributed by atoms with Crippen LogP contribution in [0.25, 0.3) is 9.40 Å². The first-order chi connectivity index (χ1) is 10.0. The number of unbranched alkanes of at least 4 members (excludes halogenated alkanes) is 5. The summed E-state index contributed by atoms with van der Waals surface area (Å²) in [5, 5.41) is 1.09. The Kier molecular flexibility index (Phi) is 6.12. The molecule has 0 atom stereocenters. The standard InChI is InChI=1S/C18H28OS2/c1-5-6-7-8-9-10-11-19-17-13-15-14(21-17)12-16(20-15)18(2,3)4/h12-13H,5-11H2,1-4H3. The molecule has 3 heteroatoms. The van der Waals surface area contributed by atoms with Crippen molar-refractivity contribution >= 4 is 32.1 Å². The van der Waals surface area contributed by atoms with E-state index in [0.29, 0.717) is 0 Å². The third-order valence-corrected chi connectivity index (χ3v) is 6.30. The van der Waals surface area contributed by atoms with Gasteiger partial charge in [0.1, 0.15) is 0 Å². The largest absolute Gasteiger partial charge is 0.484 e. The first kappa shape index (κ1) is 16.8. The van der Waals surface area contributed by atoms with Crippen molar-refractivity contribution in [1.29, 1.82) is 0 Å². The summed E-state index contributed by atoms with van der Waals surface area (Å²) in [5.41, 5.74) is 0.253. The zero-order chi connectivity index (χ0) is 15.3. The average molecular weight is 325 g/mol. The van der Waals surface area contributed by atoms with E-state index in [2.05, 4.69) is 39.8 Å². The number of rotatable bonds is 8. The maximum Gasteiger partial charge on any atom is 0.175 e. The third-order valence-electron chi connectivity index (χ3n) is 3.67. The Labute approximate surface area is 137 Å². The molecule has 2 rings (SSSR count). The second-order valence-electron chi connectivity index (χ2n) is 6.77. The van der Waals surface area contributed by atoms with E-state index in [1.54, 1.807) is 11.3 Å². The Morgan fingerprint density at radius 2 is 1.57 bits per heavy atom. The maximum atomic E-state index is 5.91. The van der Waals surface area contributed by atoms with Crippen molar-refractivity contribution in [2.75, 3.05) is 6.61 Å². The van der Waals surface area contributed by atoms with E-state index in [0.717, 1.165) is 11.7 Å². The molecule has 2 aromatic heterocycles. The number of ether oxygens (including phenoxy) is 1. The van der Waals surface area contributed by atoms with Crippen molar-refractivity contribution < 1.29 is 4.74 Å². The average Bonchev–Trinajstić information content (AvgIpc) is 2.95. The van der Waals surface area contributed by atoms with Gasteiger partial charge in [-0.2, -0.15) is 0 Å². The van der Waals surface area contributed by atoms with Crippen molar-refractivity contribution in [3.05, 3.63) is 17.0 Å². The van der Waals surface area contributed by atoms with Crippen LogP contribution >= 0.6 is 22.7 Å². The molecule has 2 heterocycles. The molecule has 0 N–H and O–H groups in total. The molecule has 0 aliphatic rings. The van der Waals surface area contributed by atoms with Crippen LogP contribution in [0.4, 0.5) is 0 Å². The summed E-state index contributed by atoms with van der Waals surface area (Å²) in [4.78, 5) is 1.46. The monoisotopic (exact) mass is 324 g/mol. The first-order valence-electron chi connectivity index (χ1n) is 8.17. The van der Waals surface area contributed by atoms with Crippen LogP contribution in [0, 0.1) is 0 Å². The number of fused-ring (bicyclic) bond motifs is 1. The molecule has 0 saturated heterocycles. The molecule has 0 aliphatic heterocycles. The van der Waals surface area contributed by atoms with Gasteiger partial charge in [-0.25, -0.2) is 0 Å². The normalized spacial score (nSPS) is 12.2. The molecule has 0 aliphatic carbocycles. The van der Waals surface area contributed by atoms with Gasteiger partial charge in [0, 0.05) is 20.3 Å². The van der Waals surface area contributed by atoms with E-state index in [1.165, 1.54) is 52.8 Å². The molecule has 0 unspecified atom stereocenters. The smallest absolute Gasteiger partial charge is 0.175 e. The van der Waals surface area contributed by atoms with Crippen LogP contribution in [0.1, 0.15) is 71.1 Å². The molecular formula is C18H28OS2. The van der Waals surface area contributed by atoms with Crippen molar-refractivity contribution in [3.8, 4) is 5.06 Å². The van der Waals surface area contributed by atoms with E-state index in [9.17, 15) is 0 Å². The lowest BCUT2D eigenvalue weighted by molar-refractivity contribution is 0.313. The van der Waals surface area contributed by atoms with E-state index < -0.39 is 0 Å². The molecule has 0 bridgehead atoms. The van der Waals surface area contributed by atoms with Gasteiger partial charge >= 0.3 is 0 Å². The molecule has 118 valence electrons. The summed E-state index contributed by atoms with van der Waals surface area (Å²) in [6.07, 6.45) is 7.90. The number of hydrogen-bond donors (Lipinski definition) is 0. The fraction of sp³-hybridized carbons (Fsp3) is 0.667. The molecule has 1 nitrogen and oxygen atoms in total. The summed E-state index contributed by atoms with van der Waals surface area (Å²) in [6, 6.07) is 4.55. The van der Waals surface area contributed by atoms with Gasteiger partial charge < -0.3 is 4.74 Å². The minimum Gasteiger partial charge on any atom is -0.484 e. The highest BCUT2D eigenvalue weighted by molar-refractivity contribution is 7.28. The predicted molar refractivity (Wildman–Crippen MR) is 97.3 cm³/mol. The van der Waals surface area contributed by atoms with Gasteiger partial charge in [0.05, 0.1) is 6.61 Å². The lowest BCUT2D eigenvalue weighted by atomic mass is 9.95. The number of thiophene rings is 2. The zero-order valence-corrected chi connectivity index (χ0v) is 15.5. The maximum absolute atomic E-state index is 5.91. The van der Waals surface area contributed by atoms with Gasteiger partial charge in [0.25, 0.3) is 0 Å². The molecule has 0 fully saturated rings. The predicted octanol–water partition coefficient (Wildman–Crippen LogP) is 7.00. The van der Waals surface area contributed by atoms with Crippen molar-refractivity contribution in [2.45, 2.75) is 71.6 Å². The first-order valence-corrected chi connectivity index (χ1v) is 9.80. The molecular weight excluding hydrogens is 296 g/mol. The fourth-order valence-electron chi connectivity index (χ4n) is 2.31. The van der Waals surface area contributed by atoms with Crippen LogP contribution in [0.5, 0.6) is 5.06 Å². The van der Waals surface area contributed by atoms with Crippen LogP contribution in [0.3, 0.4) is 0 Å². The Bertz CT molecular complexity index is 514. The molecule has 0 amide bonds. The van der Waals surface area contributed by atoms with Gasteiger partial charge in [-0.1, -0.05) is 71.1 Å². The fourth-order valence-corrected chi connectivity index (χ4v) is 4.63. The lowest BCUT2D eigenvalue weighted by Crippen LogP contribution is -2.07. The lowest BCUT2D eigenvalue weighted by Gasteiger charge is -2.15. The van der Waals surface area contributed by atoms with Crippen LogP contribution in [-0.2, 0) is 5.41 Å². The highest BCUT2D eigenvalue weighted by Crippen LogP contribution is 2.41. The molecule has 21 heavy (non-hydrogen) atoms. The minimum absolute atomic E-state index is 0.253. The number of hydrogen-bond acceptors (Lipinski definition) is 3. The molecule has 0 radical (unpaired) electrons. The van der Waals surface area contributed by atoms with Gasteiger partial charge in [-0.3, -0.25) is 0 Å². The SMILES string of the molecule is CCCCCCCCOc1cc2sc(C(C)(C)C)cc2s1. The second kappa shape index (κ2) is 7.64. The van der Waals surface area contributed by atoms with Crippen LogP contribution in [0.15, 0.2) is 12.1 Å². The Morgan fingerprint density at radius 3 is 2.24 bits per heavy atom. The molecule has 0 spiro atoms. The molecule has 0 aromatic carbocycles. The van der Waals surface area contributed by atoms with Crippen LogP contribution in [-0.4, -0.2) is 6.61 Å². The second-order valence-corrected chi connectivity index (χ2v) is 8.90. The quantitative estimate of drug-likeness (QED) is 0.475. The van der Waals surface area contributed by atoms with Gasteiger partial charge in [-0.05, 0) is 17.9 Å². The van der Waals surface area contributed by atoms with Gasteiger partial charge in [-0.15, -0.1) is 11.3 Å². The Balaban J connectivity index is 1.77. The molecule has 2 aromatic rings.